The van der Waals surface area contributed by atoms with Gasteiger partial charge in [-0.15, -0.1) is 13.2 Å². The summed E-state index contributed by atoms with van der Waals surface area (Å²) in [6, 6.07) is 6.62. The SMILES string of the molecule is O=C(CN1CC(c2nc(-c3ncccn3)no2)C1)Nc1ccc(OC(F)(F)F)cc1. The Hall–Kier alpha value is -3.54. The lowest BCUT2D eigenvalue weighted by atomic mass is 10.0. The van der Waals surface area contributed by atoms with Crippen molar-refractivity contribution in [2.45, 2.75) is 12.3 Å². The number of nitrogens with zero attached hydrogens (tertiary/aromatic N) is 5. The van der Waals surface area contributed by atoms with Gasteiger partial charge in [0.2, 0.25) is 23.4 Å². The van der Waals surface area contributed by atoms with Crippen molar-refractivity contribution in [3.63, 3.8) is 0 Å². The molecule has 1 aromatic carbocycles. The summed E-state index contributed by atoms with van der Waals surface area (Å²) in [6.07, 6.45) is -1.59. The van der Waals surface area contributed by atoms with Gasteiger partial charge in [0.1, 0.15) is 5.75 Å². The molecular weight excluding hydrogens is 405 g/mol. The number of amides is 1. The molecule has 0 unspecified atom stereocenters. The fourth-order valence-corrected chi connectivity index (χ4v) is 2.91. The summed E-state index contributed by atoms with van der Waals surface area (Å²) in [5.41, 5.74) is 0.371. The van der Waals surface area contributed by atoms with Crippen LogP contribution in [-0.4, -0.2) is 56.9 Å². The third-order valence-corrected chi connectivity index (χ3v) is 4.25. The molecule has 156 valence electrons. The number of carbonyl (C=O) groups is 1. The van der Waals surface area contributed by atoms with Crippen LogP contribution in [0.4, 0.5) is 18.9 Å². The Kier molecular flexibility index (Phi) is 5.31. The Labute approximate surface area is 167 Å². The summed E-state index contributed by atoms with van der Waals surface area (Å²) in [5.74, 6) is 0.484. The maximum absolute atomic E-state index is 12.2. The standard InChI is InChI=1S/C18H15F3N6O3/c19-18(20,21)29-13-4-2-12(3-5-13)24-14(28)10-27-8-11(9-27)17-25-16(26-30-17)15-22-6-1-7-23-15/h1-7,11H,8-10H2,(H,24,28). The van der Waals surface area contributed by atoms with Gasteiger partial charge in [0, 0.05) is 31.2 Å². The van der Waals surface area contributed by atoms with Gasteiger partial charge in [-0.25, -0.2) is 9.97 Å². The summed E-state index contributed by atoms with van der Waals surface area (Å²) in [5, 5.41) is 6.50. The van der Waals surface area contributed by atoms with Gasteiger partial charge in [0.25, 0.3) is 0 Å². The number of hydrogen-bond acceptors (Lipinski definition) is 8. The lowest BCUT2D eigenvalue weighted by Gasteiger charge is -2.36. The molecule has 2 aromatic heterocycles. The quantitative estimate of drug-likeness (QED) is 0.648. The first-order chi connectivity index (χ1) is 14.4. The third kappa shape index (κ3) is 4.89. The largest absolute Gasteiger partial charge is 0.573 e. The van der Waals surface area contributed by atoms with Crippen LogP contribution < -0.4 is 10.1 Å². The zero-order valence-corrected chi connectivity index (χ0v) is 15.3. The topological polar surface area (TPSA) is 106 Å². The molecule has 0 bridgehead atoms. The van der Waals surface area contributed by atoms with Crippen LogP contribution in [0.5, 0.6) is 5.75 Å². The van der Waals surface area contributed by atoms with E-state index in [9.17, 15) is 18.0 Å². The number of likely N-dealkylation sites (tertiary alicyclic amines) is 1. The van der Waals surface area contributed by atoms with Gasteiger partial charge in [-0.3, -0.25) is 9.69 Å². The highest BCUT2D eigenvalue weighted by atomic mass is 19.4. The minimum absolute atomic E-state index is 0.00145. The Bertz CT molecular complexity index is 1000. The number of alkyl halides is 3. The minimum Gasteiger partial charge on any atom is -0.406 e. The predicted octanol–water partition coefficient (Wildman–Crippen LogP) is 2.46. The summed E-state index contributed by atoms with van der Waals surface area (Å²) in [4.78, 5) is 26.4. The van der Waals surface area contributed by atoms with E-state index in [1.54, 1.807) is 18.5 Å². The summed E-state index contributed by atoms with van der Waals surface area (Å²) in [7, 11) is 0. The highest BCUT2D eigenvalue weighted by molar-refractivity contribution is 5.92. The van der Waals surface area contributed by atoms with Gasteiger partial charge in [-0.05, 0) is 30.3 Å². The molecule has 1 saturated heterocycles. The molecule has 0 spiro atoms. The molecule has 30 heavy (non-hydrogen) atoms. The molecule has 4 rings (SSSR count). The van der Waals surface area contributed by atoms with Crippen LogP contribution >= 0.6 is 0 Å². The summed E-state index contributed by atoms with van der Waals surface area (Å²) < 4.78 is 45.5. The van der Waals surface area contributed by atoms with Crippen LogP contribution in [0.3, 0.4) is 0 Å². The number of rotatable bonds is 6. The summed E-state index contributed by atoms with van der Waals surface area (Å²) >= 11 is 0. The maximum atomic E-state index is 12.2. The lowest BCUT2D eigenvalue weighted by molar-refractivity contribution is -0.274. The third-order valence-electron chi connectivity index (χ3n) is 4.25. The normalized spacial score (nSPS) is 14.9. The van der Waals surface area contributed by atoms with Crippen molar-refractivity contribution < 1.29 is 27.2 Å². The molecule has 0 atom stereocenters. The van der Waals surface area contributed by atoms with Crippen molar-refractivity contribution in [2.24, 2.45) is 0 Å². The van der Waals surface area contributed by atoms with Crippen molar-refractivity contribution in [1.29, 1.82) is 0 Å². The number of ether oxygens (including phenoxy) is 1. The Balaban J connectivity index is 1.24. The highest BCUT2D eigenvalue weighted by Gasteiger charge is 2.34. The first-order valence-electron chi connectivity index (χ1n) is 8.85. The lowest BCUT2D eigenvalue weighted by Crippen LogP contribution is -2.48. The molecule has 3 heterocycles. The number of aromatic nitrogens is 4. The van der Waals surface area contributed by atoms with E-state index >= 15 is 0 Å². The van der Waals surface area contributed by atoms with Crippen molar-refractivity contribution in [1.82, 2.24) is 25.0 Å². The van der Waals surface area contributed by atoms with Gasteiger partial charge >= 0.3 is 6.36 Å². The fraction of sp³-hybridized carbons (Fsp3) is 0.278. The first-order valence-corrected chi connectivity index (χ1v) is 8.85. The molecule has 1 fully saturated rings. The van der Waals surface area contributed by atoms with Crippen LogP contribution in [0, 0.1) is 0 Å². The van der Waals surface area contributed by atoms with E-state index in [2.05, 4.69) is 30.2 Å². The van der Waals surface area contributed by atoms with Gasteiger partial charge in [0.15, 0.2) is 0 Å². The second-order valence-electron chi connectivity index (χ2n) is 6.54. The Morgan fingerprint density at radius 2 is 1.87 bits per heavy atom. The second-order valence-corrected chi connectivity index (χ2v) is 6.54. The van der Waals surface area contributed by atoms with E-state index in [1.807, 2.05) is 4.90 Å². The molecule has 1 N–H and O–H groups in total. The highest BCUT2D eigenvalue weighted by Crippen LogP contribution is 2.27. The molecule has 9 nitrogen and oxygen atoms in total. The van der Waals surface area contributed by atoms with Gasteiger partial charge in [-0.2, -0.15) is 4.98 Å². The molecule has 3 aromatic rings. The van der Waals surface area contributed by atoms with E-state index in [1.165, 1.54) is 12.1 Å². The van der Waals surface area contributed by atoms with Crippen LogP contribution in [0.1, 0.15) is 11.8 Å². The minimum atomic E-state index is -4.76. The number of benzene rings is 1. The molecule has 1 aliphatic rings. The second kappa shape index (κ2) is 8.06. The smallest absolute Gasteiger partial charge is 0.406 e. The van der Waals surface area contributed by atoms with E-state index in [0.29, 0.717) is 36.3 Å². The molecular formula is C18H15F3N6O3. The average Bonchev–Trinajstić information content (AvgIpc) is 3.15. The maximum Gasteiger partial charge on any atom is 0.573 e. The van der Waals surface area contributed by atoms with E-state index in [4.69, 9.17) is 4.52 Å². The number of anilines is 1. The monoisotopic (exact) mass is 420 g/mol. The van der Waals surface area contributed by atoms with E-state index in [-0.39, 0.29) is 24.1 Å². The average molecular weight is 420 g/mol. The van der Waals surface area contributed by atoms with Gasteiger partial charge < -0.3 is 14.6 Å². The number of halogens is 3. The van der Waals surface area contributed by atoms with Crippen LogP contribution in [0.2, 0.25) is 0 Å². The number of nitrogens with one attached hydrogen (secondary N) is 1. The zero-order valence-electron chi connectivity index (χ0n) is 15.3. The number of hydrogen-bond donors (Lipinski definition) is 1. The molecule has 12 heteroatoms. The van der Waals surface area contributed by atoms with Crippen molar-refractivity contribution in [3.8, 4) is 17.4 Å². The Morgan fingerprint density at radius 3 is 2.53 bits per heavy atom. The summed E-state index contributed by atoms with van der Waals surface area (Å²) in [6.45, 7) is 1.24. The molecule has 1 aliphatic heterocycles. The van der Waals surface area contributed by atoms with Crippen LogP contribution in [0.25, 0.3) is 11.6 Å². The van der Waals surface area contributed by atoms with Crippen molar-refractivity contribution in [3.05, 3.63) is 48.6 Å². The zero-order chi connectivity index (χ0) is 21.1. The van der Waals surface area contributed by atoms with E-state index < -0.39 is 6.36 Å². The first kappa shape index (κ1) is 19.8. The van der Waals surface area contributed by atoms with Gasteiger partial charge in [-0.1, -0.05) is 5.16 Å². The van der Waals surface area contributed by atoms with Crippen molar-refractivity contribution >= 4 is 11.6 Å². The van der Waals surface area contributed by atoms with Gasteiger partial charge in [0.05, 0.1) is 12.5 Å². The predicted molar refractivity (Wildman–Crippen MR) is 96.3 cm³/mol. The van der Waals surface area contributed by atoms with Crippen molar-refractivity contribution in [2.75, 3.05) is 25.0 Å². The molecule has 0 radical (unpaired) electrons. The molecule has 0 saturated carbocycles. The van der Waals surface area contributed by atoms with Crippen LogP contribution in [0.15, 0.2) is 47.2 Å². The van der Waals surface area contributed by atoms with E-state index in [0.717, 1.165) is 12.1 Å². The fourth-order valence-electron chi connectivity index (χ4n) is 2.91. The Morgan fingerprint density at radius 1 is 1.17 bits per heavy atom. The molecule has 1 amide bonds. The number of carbonyl (C=O) groups excluding carboxylic acids is 1. The molecule has 0 aliphatic carbocycles. The van der Waals surface area contributed by atoms with Crippen LogP contribution in [-0.2, 0) is 4.79 Å².